The highest BCUT2D eigenvalue weighted by Gasteiger charge is 2.17. The number of benzene rings is 1. The first-order chi connectivity index (χ1) is 12.1. The van der Waals surface area contributed by atoms with Crippen LogP contribution in [0.3, 0.4) is 0 Å². The quantitative estimate of drug-likeness (QED) is 0.605. The summed E-state index contributed by atoms with van der Waals surface area (Å²) < 4.78 is 27.3. The Hall–Kier alpha value is -2.80. The molecule has 0 bridgehead atoms. The summed E-state index contributed by atoms with van der Waals surface area (Å²) in [4.78, 5) is 8.86. The SMILES string of the molecule is CCOc1nc2oc(-c3ccc(OC)cc3)nc2cc1OC(C)OC. The normalized spacial score (nSPS) is 12.2. The molecule has 0 spiro atoms. The molecule has 1 aromatic carbocycles. The van der Waals surface area contributed by atoms with Gasteiger partial charge in [-0.05, 0) is 38.1 Å². The average molecular weight is 344 g/mol. The van der Waals surface area contributed by atoms with Crippen LogP contribution in [0.15, 0.2) is 34.7 Å². The van der Waals surface area contributed by atoms with E-state index in [1.54, 1.807) is 27.2 Å². The molecule has 1 atom stereocenters. The van der Waals surface area contributed by atoms with Crippen LogP contribution in [-0.2, 0) is 4.74 Å². The van der Waals surface area contributed by atoms with E-state index in [0.717, 1.165) is 11.3 Å². The van der Waals surface area contributed by atoms with Crippen LogP contribution in [0.5, 0.6) is 17.4 Å². The van der Waals surface area contributed by atoms with E-state index >= 15 is 0 Å². The van der Waals surface area contributed by atoms with Crippen LogP contribution in [0.1, 0.15) is 13.8 Å². The number of nitrogens with zero attached hydrogens (tertiary/aromatic N) is 2. The van der Waals surface area contributed by atoms with Crippen molar-refractivity contribution < 1.29 is 23.4 Å². The number of aromatic nitrogens is 2. The minimum Gasteiger partial charge on any atom is -0.497 e. The number of oxazole rings is 1. The number of methoxy groups -OCH3 is 2. The lowest BCUT2D eigenvalue weighted by Gasteiger charge is -2.14. The molecule has 2 aromatic heterocycles. The second-order valence-electron chi connectivity index (χ2n) is 5.22. The minimum absolute atomic E-state index is 0.344. The van der Waals surface area contributed by atoms with Crippen molar-refractivity contribution >= 4 is 11.2 Å². The summed E-state index contributed by atoms with van der Waals surface area (Å²) in [6.45, 7) is 4.11. The van der Waals surface area contributed by atoms with Gasteiger partial charge >= 0.3 is 0 Å². The molecule has 0 saturated carbocycles. The van der Waals surface area contributed by atoms with Gasteiger partial charge in [0.15, 0.2) is 12.0 Å². The maximum atomic E-state index is 5.77. The zero-order valence-electron chi connectivity index (χ0n) is 14.6. The summed E-state index contributed by atoms with van der Waals surface area (Å²) in [6, 6.07) is 9.17. The van der Waals surface area contributed by atoms with Gasteiger partial charge in [0.2, 0.25) is 5.89 Å². The average Bonchev–Trinajstić information content (AvgIpc) is 3.05. The van der Waals surface area contributed by atoms with Gasteiger partial charge in [-0.25, -0.2) is 4.98 Å². The maximum absolute atomic E-state index is 5.77. The molecule has 0 aliphatic heterocycles. The Morgan fingerprint density at radius 1 is 1.12 bits per heavy atom. The zero-order valence-corrected chi connectivity index (χ0v) is 14.6. The summed E-state index contributed by atoms with van der Waals surface area (Å²) in [7, 11) is 3.19. The molecule has 0 amide bonds. The molecule has 3 rings (SSSR count). The third-order valence-electron chi connectivity index (χ3n) is 3.56. The van der Waals surface area contributed by atoms with Crippen LogP contribution in [0.25, 0.3) is 22.7 Å². The van der Waals surface area contributed by atoms with Crippen LogP contribution in [0.2, 0.25) is 0 Å². The standard InChI is InChI=1S/C18H20N2O5/c1-5-23-18-15(24-11(2)21-3)10-14-17(20-18)25-16(19-14)12-6-8-13(22-4)9-7-12/h6-11H,5H2,1-4H3. The van der Waals surface area contributed by atoms with Crippen molar-refractivity contribution in [3.8, 4) is 28.8 Å². The Balaban J connectivity index is 2.00. The van der Waals surface area contributed by atoms with Crippen LogP contribution in [0.4, 0.5) is 0 Å². The number of ether oxygens (including phenoxy) is 4. The van der Waals surface area contributed by atoms with Crippen LogP contribution in [-0.4, -0.2) is 37.1 Å². The van der Waals surface area contributed by atoms with Crippen molar-refractivity contribution in [1.82, 2.24) is 9.97 Å². The molecule has 1 unspecified atom stereocenters. The number of rotatable bonds is 7. The largest absolute Gasteiger partial charge is 0.497 e. The molecule has 7 heteroatoms. The van der Waals surface area contributed by atoms with Gasteiger partial charge in [-0.3, -0.25) is 0 Å². The van der Waals surface area contributed by atoms with Crippen molar-refractivity contribution in [2.75, 3.05) is 20.8 Å². The smallest absolute Gasteiger partial charge is 0.260 e. The Labute approximate surface area is 145 Å². The van der Waals surface area contributed by atoms with Crippen molar-refractivity contribution in [2.45, 2.75) is 20.1 Å². The lowest BCUT2D eigenvalue weighted by molar-refractivity contribution is -0.0400. The van der Waals surface area contributed by atoms with Crippen LogP contribution >= 0.6 is 0 Å². The molecule has 0 aliphatic carbocycles. The van der Waals surface area contributed by atoms with Crippen molar-refractivity contribution in [3.05, 3.63) is 30.3 Å². The van der Waals surface area contributed by atoms with Gasteiger partial charge < -0.3 is 23.4 Å². The molecular weight excluding hydrogens is 324 g/mol. The van der Waals surface area contributed by atoms with Gasteiger partial charge in [0.25, 0.3) is 11.6 Å². The van der Waals surface area contributed by atoms with Gasteiger partial charge in [-0.1, -0.05) is 0 Å². The molecule has 25 heavy (non-hydrogen) atoms. The molecule has 0 radical (unpaired) electrons. The second kappa shape index (κ2) is 7.40. The van der Waals surface area contributed by atoms with E-state index in [0.29, 0.717) is 35.4 Å². The van der Waals surface area contributed by atoms with E-state index in [4.69, 9.17) is 23.4 Å². The summed E-state index contributed by atoms with van der Waals surface area (Å²) in [6.07, 6.45) is -0.439. The van der Waals surface area contributed by atoms with E-state index in [-0.39, 0.29) is 0 Å². The third kappa shape index (κ3) is 3.66. The Kier molecular flexibility index (Phi) is 5.04. The topological polar surface area (TPSA) is 75.8 Å². The number of hydrogen-bond donors (Lipinski definition) is 0. The lowest BCUT2D eigenvalue weighted by atomic mass is 10.2. The molecule has 3 aromatic rings. The van der Waals surface area contributed by atoms with Crippen LogP contribution in [0, 0.1) is 0 Å². The van der Waals surface area contributed by atoms with E-state index in [1.807, 2.05) is 31.2 Å². The van der Waals surface area contributed by atoms with Crippen molar-refractivity contribution in [2.24, 2.45) is 0 Å². The molecule has 0 N–H and O–H groups in total. The van der Waals surface area contributed by atoms with E-state index < -0.39 is 6.29 Å². The molecule has 0 saturated heterocycles. The first-order valence-electron chi connectivity index (χ1n) is 7.92. The fourth-order valence-electron chi connectivity index (χ4n) is 2.24. The Bertz CT molecular complexity index is 845. The van der Waals surface area contributed by atoms with E-state index in [2.05, 4.69) is 9.97 Å². The van der Waals surface area contributed by atoms with Gasteiger partial charge in [-0.2, -0.15) is 4.98 Å². The van der Waals surface area contributed by atoms with Crippen LogP contribution < -0.4 is 14.2 Å². The Morgan fingerprint density at radius 3 is 2.52 bits per heavy atom. The highest BCUT2D eigenvalue weighted by molar-refractivity contribution is 5.75. The predicted octanol–water partition coefficient (Wildman–Crippen LogP) is 3.67. The maximum Gasteiger partial charge on any atom is 0.260 e. The minimum atomic E-state index is -0.439. The van der Waals surface area contributed by atoms with Gasteiger partial charge in [-0.15, -0.1) is 0 Å². The summed E-state index contributed by atoms with van der Waals surface area (Å²) in [5, 5.41) is 0. The second-order valence-corrected chi connectivity index (χ2v) is 5.22. The molecule has 7 nitrogen and oxygen atoms in total. The summed E-state index contributed by atoms with van der Waals surface area (Å²) >= 11 is 0. The van der Waals surface area contributed by atoms with Crippen molar-refractivity contribution in [3.63, 3.8) is 0 Å². The first kappa shape index (κ1) is 17.0. The number of pyridine rings is 1. The first-order valence-corrected chi connectivity index (χ1v) is 7.92. The summed E-state index contributed by atoms with van der Waals surface area (Å²) in [5.74, 6) is 2.03. The van der Waals surface area contributed by atoms with Gasteiger partial charge in [0, 0.05) is 18.7 Å². The molecule has 2 heterocycles. The number of fused-ring (bicyclic) bond motifs is 1. The highest BCUT2D eigenvalue weighted by Crippen LogP contribution is 2.32. The summed E-state index contributed by atoms with van der Waals surface area (Å²) in [5.41, 5.74) is 1.78. The lowest BCUT2D eigenvalue weighted by Crippen LogP contribution is -2.14. The van der Waals surface area contributed by atoms with E-state index in [1.165, 1.54) is 0 Å². The zero-order chi connectivity index (χ0) is 17.8. The number of hydrogen-bond acceptors (Lipinski definition) is 7. The van der Waals surface area contributed by atoms with Gasteiger partial charge in [0.05, 0.1) is 13.7 Å². The fourth-order valence-corrected chi connectivity index (χ4v) is 2.24. The molecule has 132 valence electrons. The Morgan fingerprint density at radius 2 is 1.88 bits per heavy atom. The fraction of sp³-hybridized carbons (Fsp3) is 0.333. The molecule has 0 aliphatic rings. The third-order valence-corrected chi connectivity index (χ3v) is 3.56. The van der Waals surface area contributed by atoms with E-state index in [9.17, 15) is 0 Å². The predicted molar refractivity (Wildman–Crippen MR) is 92.1 cm³/mol. The monoisotopic (exact) mass is 344 g/mol. The highest BCUT2D eigenvalue weighted by atomic mass is 16.7. The molecule has 0 fully saturated rings. The van der Waals surface area contributed by atoms with Crippen molar-refractivity contribution in [1.29, 1.82) is 0 Å². The molecular formula is C18H20N2O5. The van der Waals surface area contributed by atoms with Gasteiger partial charge in [0.1, 0.15) is 11.3 Å².